The molecule has 1 rings (SSSR count). The van der Waals surface area contributed by atoms with Crippen LogP contribution in [-0.2, 0) is 14.4 Å². The highest BCUT2D eigenvalue weighted by molar-refractivity contribution is 5.87. The number of amides is 2. The molecule has 0 radical (unpaired) electrons. The fourth-order valence-corrected chi connectivity index (χ4v) is 1.80. The molecular formula is C17H24N2O5. The SMILES string of the molecule is CC(NC(=O)CNC(=O)C(C)(C)C)c1ccc(OCC(=O)O)cc1. The van der Waals surface area contributed by atoms with Gasteiger partial charge in [0.2, 0.25) is 11.8 Å². The number of ether oxygens (including phenoxy) is 1. The number of hydrogen-bond acceptors (Lipinski definition) is 4. The Morgan fingerprint density at radius 2 is 1.75 bits per heavy atom. The Morgan fingerprint density at radius 1 is 1.17 bits per heavy atom. The molecule has 24 heavy (non-hydrogen) atoms. The van der Waals surface area contributed by atoms with Crippen molar-refractivity contribution in [1.29, 1.82) is 0 Å². The average Bonchev–Trinajstić information content (AvgIpc) is 2.50. The van der Waals surface area contributed by atoms with E-state index in [0.717, 1.165) is 5.56 Å². The lowest BCUT2D eigenvalue weighted by Gasteiger charge is -2.19. The van der Waals surface area contributed by atoms with Gasteiger partial charge in [-0.05, 0) is 24.6 Å². The molecule has 1 aromatic carbocycles. The molecule has 7 heteroatoms. The standard InChI is InChI=1S/C17H24N2O5/c1-11(19-14(20)9-18-16(23)17(2,3)4)12-5-7-13(8-6-12)24-10-15(21)22/h5-8,11H,9-10H2,1-4H3,(H,18,23)(H,19,20)(H,21,22). The van der Waals surface area contributed by atoms with E-state index < -0.39 is 18.0 Å². The maximum atomic E-state index is 11.9. The summed E-state index contributed by atoms with van der Waals surface area (Å²) < 4.78 is 5.05. The van der Waals surface area contributed by atoms with Gasteiger partial charge in [-0.25, -0.2) is 4.79 Å². The lowest BCUT2D eigenvalue weighted by Crippen LogP contribution is -2.42. The predicted octanol–water partition coefficient (Wildman–Crippen LogP) is 1.49. The van der Waals surface area contributed by atoms with Crippen LogP contribution in [0.3, 0.4) is 0 Å². The van der Waals surface area contributed by atoms with Crippen LogP contribution in [0.15, 0.2) is 24.3 Å². The van der Waals surface area contributed by atoms with Gasteiger partial charge in [-0.2, -0.15) is 0 Å². The quantitative estimate of drug-likeness (QED) is 0.700. The van der Waals surface area contributed by atoms with Crippen molar-refractivity contribution >= 4 is 17.8 Å². The first-order valence-corrected chi connectivity index (χ1v) is 7.62. The van der Waals surface area contributed by atoms with Crippen molar-refractivity contribution < 1.29 is 24.2 Å². The first kappa shape index (κ1) is 19.5. The maximum absolute atomic E-state index is 11.9. The van der Waals surface area contributed by atoms with Crippen molar-refractivity contribution in [3.63, 3.8) is 0 Å². The molecule has 1 unspecified atom stereocenters. The average molecular weight is 336 g/mol. The van der Waals surface area contributed by atoms with Gasteiger partial charge in [0.05, 0.1) is 12.6 Å². The number of rotatable bonds is 7. The highest BCUT2D eigenvalue weighted by Gasteiger charge is 2.21. The van der Waals surface area contributed by atoms with E-state index in [1.54, 1.807) is 45.0 Å². The van der Waals surface area contributed by atoms with Crippen LogP contribution in [0, 0.1) is 5.41 Å². The van der Waals surface area contributed by atoms with Crippen molar-refractivity contribution in [2.45, 2.75) is 33.7 Å². The van der Waals surface area contributed by atoms with E-state index >= 15 is 0 Å². The van der Waals surface area contributed by atoms with E-state index in [9.17, 15) is 14.4 Å². The summed E-state index contributed by atoms with van der Waals surface area (Å²) in [4.78, 5) is 34.0. The lowest BCUT2D eigenvalue weighted by atomic mass is 9.96. The highest BCUT2D eigenvalue weighted by Crippen LogP contribution is 2.17. The number of carbonyl (C=O) groups is 3. The molecule has 0 spiro atoms. The van der Waals surface area contributed by atoms with Crippen molar-refractivity contribution in [3.8, 4) is 5.75 Å². The number of benzene rings is 1. The first-order chi connectivity index (χ1) is 11.1. The molecule has 1 atom stereocenters. The minimum Gasteiger partial charge on any atom is -0.482 e. The molecule has 3 N–H and O–H groups in total. The van der Waals surface area contributed by atoms with E-state index in [2.05, 4.69) is 10.6 Å². The number of hydrogen-bond donors (Lipinski definition) is 3. The summed E-state index contributed by atoms with van der Waals surface area (Å²) in [6, 6.07) is 6.52. The topological polar surface area (TPSA) is 105 Å². The third-order valence-electron chi connectivity index (χ3n) is 3.21. The van der Waals surface area contributed by atoms with Crippen LogP contribution in [0.5, 0.6) is 5.75 Å². The third kappa shape index (κ3) is 6.68. The van der Waals surface area contributed by atoms with Gasteiger partial charge in [-0.3, -0.25) is 9.59 Å². The van der Waals surface area contributed by atoms with Crippen molar-refractivity contribution in [2.75, 3.05) is 13.2 Å². The summed E-state index contributed by atoms with van der Waals surface area (Å²) in [6.45, 7) is 6.65. The molecule has 7 nitrogen and oxygen atoms in total. The minimum atomic E-state index is -1.04. The molecule has 0 aliphatic rings. The molecule has 0 heterocycles. The van der Waals surface area contributed by atoms with Crippen LogP contribution >= 0.6 is 0 Å². The number of aliphatic carboxylic acids is 1. The first-order valence-electron chi connectivity index (χ1n) is 7.62. The second-order valence-electron chi connectivity index (χ2n) is 6.47. The van der Waals surface area contributed by atoms with Crippen LogP contribution in [0.25, 0.3) is 0 Å². The number of carboxylic acid groups (broad SMARTS) is 1. The molecule has 0 fully saturated rings. The molecule has 0 saturated heterocycles. The van der Waals surface area contributed by atoms with E-state index in [-0.39, 0.29) is 24.4 Å². The van der Waals surface area contributed by atoms with Crippen LogP contribution in [-0.4, -0.2) is 36.0 Å². The van der Waals surface area contributed by atoms with E-state index in [0.29, 0.717) is 5.75 Å². The van der Waals surface area contributed by atoms with Crippen molar-refractivity contribution in [3.05, 3.63) is 29.8 Å². The summed E-state index contributed by atoms with van der Waals surface area (Å²) >= 11 is 0. The molecule has 0 bridgehead atoms. The maximum Gasteiger partial charge on any atom is 0.341 e. The number of carboxylic acids is 1. The Labute approximate surface area is 141 Å². The second-order valence-corrected chi connectivity index (χ2v) is 6.47. The largest absolute Gasteiger partial charge is 0.482 e. The van der Waals surface area contributed by atoms with E-state index in [1.807, 2.05) is 6.92 Å². The fourth-order valence-electron chi connectivity index (χ4n) is 1.80. The van der Waals surface area contributed by atoms with Crippen molar-refractivity contribution in [1.82, 2.24) is 10.6 Å². The molecule has 0 aliphatic heterocycles. The Morgan fingerprint density at radius 3 is 2.25 bits per heavy atom. The Kier molecular flexibility index (Phi) is 6.76. The monoisotopic (exact) mass is 336 g/mol. The van der Waals surface area contributed by atoms with Crippen LogP contribution in [0.1, 0.15) is 39.3 Å². The normalized spacial score (nSPS) is 12.2. The third-order valence-corrected chi connectivity index (χ3v) is 3.21. The van der Waals surface area contributed by atoms with Crippen LogP contribution < -0.4 is 15.4 Å². The summed E-state index contributed by atoms with van der Waals surface area (Å²) in [5.41, 5.74) is 0.297. The van der Waals surface area contributed by atoms with Gasteiger partial charge in [0.15, 0.2) is 6.61 Å². The van der Waals surface area contributed by atoms with Crippen molar-refractivity contribution in [2.24, 2.45) is 5.41 Å². The highest BCUT2D eigenvalue weighted by atomic mass is 16.5. The minimum absolute atomic E-state index is 0.0831. The molecule has 132 valence electrons. The zero-order valence-corrected chi connectivity index (χ0v) is 14.4. The number of carbonyl (C=O) groups excluding carboxylic acids is 2. The zero-order valence-electron chi connectivity index (χ0n) is 14.4. The van der Waals surface area contributed by atoms with E-state index in [1.165, 1.54) is 0 Å². The van der Waals surface area contributed by atoms with Gasteiger partial charge in [-0.15, -0.1) is 0 Å². The van der Waals surface area contributed by atoms with E-state index in [4.69, 9.17) is 9.84 Å². The van der Waals surface area contributed by atoms with Gasteiger partial charge in [-0.1, -0.05) is 32.9 Å². The summed E-state index contributed by atoms with van der Waals surface area (Å²) in [7, 11) is 0. The van der Waals surface area contributed by atoms with Gasteiger partial charge in [0, 0.05) is 5.41 Å². The molecule has 0 aliphatic carbocycles. The van der Waals surface area contributed by atoms with Crippen LogP contribution in [0.2, 0.25) is 0 Å². The Hall–Kier alpha value is -2.57. The predicted molar refractivity (Wildman–Crippen MR) is 88.6 cm³/mol. The molecular weight excluding hydrogens is 312 g/mol. The number of nitrogens with one attached hydrogen (secondary N) is 2. The smallest absolute Gasteiger partial charge is 0.341 e. The summed E-state index contributed by atoms with van der Waals surface area (Å²) in [5, 5.41) is 13.9. The van der Waals surface area contributed by atoms with Gasteiger partial charge >= 0.3 is 5.97 Å². The summed E-state index contributed by atoms with van der Waals surface area (Å²) in [5.74, 6) is -1.08. The molecule has 2 amide bonds. The van der Waals surface area contributed by atoms with Crippen LogP contribution in [0.4, 0.5) is 0 Å². The molecule has 0 saturated carbocycles. The van der Waals surface area contributed by atoms with Gasteiger partial charge in [0.1, 0.15) is 5.75 Å². The van der Waals surface area contributed by atoms with Gasteiger partial charge in [0.25, 0.3) is 0 Å². The molecule has 1 aromatic rings. The Balaban J connectivity index is 2.49. The zero-order chi connectivity index (χ0) is 18.3. The lowest BCUT2D eigenvalue weighted by molar-refractivity contribution is -0.139. The second kappa shape index (κ2) is 8.33. The van der Waals surface area contributed by atoms with Gasteiger partial charge < -0.3 is 20.5 Å². The summed E-state index contributed by atoms with van der Waals surface area (Å²) in [6.07, 6.45) is 0. The Bertz CT molecular complexity index is 590. The molecule has 0 aromatic heterocycles. The fraction of sp³-hybridized carbons (Fsp3) is 0.471.